The lowest BCUT2D eigenvalue weighted by molar-refractivity contribution is -0.140. The van der Waals surface area contributed by atoms with Gasteiger partial charge in [-0.25, -0.2) is 8.42 Å². The summed E-state index contributed by atoms with van der Waals surface area (Å²) < 4.78 is 34.5. The molecular formula is C28H32ClN3O5S. The molecule has 10 heteroatoms. The van der Waals surface area contributed by atoms with Crippen molar-refractivity contribution in [1.82, 2.24) is 10.2 Å². The first-order valence-corrected chi connectivity index (χ1v) is 14.1. The smallest absolute Gasteiger partial charge is 0.264 e. The monoisotopic (exact) mass is 557 g/mol. The highest BCUT2D eigenvalue weighted by Gasteiger charge is 2.34. The molecule has 0 aliphatic heterocycles. The van der Waals surface area contributed by atoms with Crippen molar-refractivity contribution >= 4 is 39.1 Å². The number of likely N-dealkylation sites (N-methyl/N-ethyl adjacent to an activating group) is 1. The molecule has 1 N–H and O–H groups in total. The lowest BCUT2D eigenvalue weighted by Crippen LogP contribution is -2.51. The van der Waals surface area contributed by atoms with Crippen LogP contribution in [-0.4, -0.2) is 51.4 Å². The van der Waals surface area contributed by atoms with Gasteiger partial charge in [0.15, 0.2) is 0 Å². The predicted octanol–water partition coefficient (Wildman–Crippen LogP) is 4.49. The minimum atomic E-state index is -4.17. The van der Waals surface area contributed by atoms with Crippen molar-refractivity contribution in [1.29, 1.82) is 0 Å². The number of ether oxygens (including phenoxy) is 1. The van der Waals surface area contributed by atoms with Gasteiger partial charge in [0.2, 0.25) is 11.8 Å². The van der Waals surface area contributed by atoms with Crippen LogP contribution in [0.2, 0.25) is 5.02 Å². The van der Waals surface area contributed by atoms with Gasteiger partial charge in [0.1, 0.15) is 18.3 Å². The summed E-state index contributed by atoms with van der Waals surface area (Å²) in [6.07, 6.45) is 0.333. The highest BCUT2D eigenvalue weighted by atomic mass is 35.5. The van der Waals surface area contributed by atoms with E-state index in [0.29, 0.717) is 23.8 Å². The van der Waals surface area contributed by atoms with Crippen LogP contribution in [-0.2, 0) is 26.2 Å². The second-order valence-electron chi connectivity index (χ2n) is 8.41. The number of anilines is 1. The van der Waals surface area contributed by atoms with Crippen molar-refractivity contribution in [3.8, 4) is 5.75 Å². The number of para-hydroxylation sites is 2. The maximum atomic E-state index is 13.9. The maximum Gasteiger partial charge on any atom is 0.264 e. The zero-order valence-electron chi connectivity index (χ0n) is 21.6. The van der Waals surface area contributed by atoms with Crippen LogP contribution in [0.15, 0.2) is 83.8 Å². The van der Waals surface area contributed by atoms with E-state index < -0.39 is 28.5 Å². The first kappa shape index (κ1) is 29.0. The third kappa shape index (κ3) is 6.85. The Bertz CT molecular complexity index is 1330. The van der Waals surface area contributed by atoms with Gasteiger partial charge >= 0.3 is 0 Å². The Morgan fingerprint density at radius 1 is 0.947 bits per heavy atom. The Kier molecular flexibility index (Phi) is 10.2. The van der Waals surface area contributed by atoms with Gasteiger partial charge in [-0.1, -0.05) is 61.0 Å². The number of carbonyl (C=O) groups excluding carboxylic acids is 2. The van der Waals surface area contributed by atoms with E-state index in [9.17, 15) is 18.0 Å². The number of benzene rings is 3. The molecule has 0 aliphatic rings. The van der Waals surface area contributed by atoms with Gasteiger partial charge in [-0.15, -0.1) is 0 Å². The number of amides is 2. The Morgan fingerprint density at radius 2 is 1.58 bits per heavy atom. The van der Waals surface area contributed by atoms with Crippen LogP contribution in [0.25, 0.3) is 0 Å². The van der Waals surface area contributed by atoms with E-state index in [2.05, 4.69) is 5.32 Å². The number of hydrogen-bond donors (Lipinski definition) is 1. The molecule has 1 unspecified atom stereocenters. The van der Waals surface area contributed by atoms with Crippen molar-refractivity contribution in [3.63, 3.8) is 0 Å². The fourth-order valence-electron chi connectivity index (χ4n) is 4.05. The van der Waals surface area contributed by atoms with Crippen LogP contribution < -0.4 is 14.4 Å². The molecule has 0 radical (unpaired) electrons. The number of nitrogens with zero attached hydrogens (tertiary/aromatic N) is 2. The highest BCUT2D eigenvalue weighted by Crippen LogP contribution is 2.33. The van der Waals surface area contributed by atoms with Crippen molar-refractivity contribution in [3.05, 3.63) is 89.4 Å². The fraction of sp³-hybridized carbons (Fsp3) is 0.286. The molecule has 0 saturated carbocycles. The van der Waals surface area contributed by atoms with Crippen LogP contribution in [0.1, 0.15) is 25.8 Å². The Labute approximate surface area is 229 Å². The zero-order chi connectivity index (χ0) is 27.7. The summed E-state index contributed by atoms with van der Waals surface area (Å²) in [5, 5.41) is 3.15. The lowest BCUT2D eigenvalue weighted by Gasteiger charge is -2.33. The summed E-state index contributed by atoms with van der Waals surface area (Å²) in [5.74, 6) is -0.562. The number of rotatable bonds is 12. The lowest BCUT2D eigenvalue weighted by atomic mass is 10.1. The average Bonchev–Trinajstić information content (AvgIpc) is 2.93. The molecule has 1 atom stereocenters. The van der Waals surface area contributed by atoms with Gasteiger partial charge in [0.05, 0.1) is 17.2 Å². The van der Waals surface area contributed by atoms with Gasteiger partial charge < -0.3 is 15.0 Å². The van der Waals surface area contributed by atoms with Crippen LogP contribution >= 0.6 is 11.6 Å². The molecule has 0 saturated heterocycles. The first-order valence-electron chi connectivity index (χ1n) is 12.3. The van der Waals surface area contributed by atoms with Crippen LogP contribution in [0.3, 0.4) is 0 Å². The minimum absolute atomic E-state index is 0.0293. The number of halogens is 1. The zero-order valence-corrected chi connectivity index (χ0v) is 23.2. The van der Waals surface area contributed by atoms with Gasteiger partial charge in [-0.05, 0) is 55.3 Å². The standard InChI is InChI=1S/C28H32ClN3O5S/c1-4-24(28(34)30-3)31(19-21-15-17-22(29)18-16-21)27(33)20-32(25-13-9-10-14-26(25)37-5-2)38(35,36)23-11-7-6-8-12-23/h6-18,24H,4-5,19-20H2,1-3H3,(H,30,34). The Morgan fingerprint density at radius 3 is 2.18 bits per heavy atom. The SMILES string of the molecule is CCOc1ccccc1N(CC(=O)N(Cc1ccc(Cl)cc1)C(CC)C(=O)NC)S(=O)(=O)c1ccccc1. The van der Waals surface area contributed by atoms with E-state index in [1.807, 2.05) is 0 Å². The first-order chi connectivity index (χ1) is 18.2. The molecule has 0 aromatic heterocycles. The average molecular weight is 558 g/mol. The second kappa shape index (κ2) is 13.3. The summed E-state index contributed by atoms with van der Waals surface area (Å²) in [4.78, 5) is 28.1. The Hall–Kier alpha value is -3.56. The predicted molar refractivity (Wildman–Crippen MR) is 149 cm³/mol. The molecule has 0 heterocycles. The minimum Gasteiger partial charge on any atom is -0.492 e. The van der Waals surface area contributed by atoms with E-state index >= 15 is 0 Å². The van der Waals surface area contributed by atoms with Gasteiger partial charge in [0.25, 0.3) is 10.0 Å². The number of nitrogens with one attached hydrogen (secondary N) is 1. The maximum absolute atomic E-state index is 13.9. The van der Waals surface area contributed by atoms with E-state index in [1.165, 1.54) is 24.1 Å². The largest absolute Gasteiger partial charge is 0.492 e. The quantitative estimate of drug-likeness (QED) is 0.354. The molecule has 2 amide bonds. The number of hydrogen-bond acceptors (Lipinski definition) is 5. The summed E-state index contributed by atoms with van der Waals surface area (Å²) in [6.45, 7) is 3.45. The molecule has 0 spiro atoms. The van der Waals surface area contributed by atoms with Crippen LogP contribution in [0, 0.1) is 0 Å². The molecule has 0 aliphatic carbocycles. The Balaban J connectivity index is 2.09. The highest BCUT2D eigenvalue weighted by molar-refractivity contribution is 7.92. The molecule has 8 nitrogen and oxygen atoms in total. The molecule has 202 valence electrons. The summed E-state index contributed by atoms with van der Waals surface area (Å²) in [7, 11) is -2.67. The van der Waals surface area contributed by atoms with E-state index in [0.717, 1.165) is 9.87 Å². The van der Waals surface area contributed by atoms with Gasteiger partial charge in [-0.2, -0.15) is 0 Å². The molecule has 3 aromatic rings. The fourth-order valence-corrected chi connectivity index (χ4v) is 5.62. The van der Waals surface area contributed by atoms with E-state index in [4.69, 9.17) is 16.3 Å². The van der Waals surface area contributed by atoms with E-state index in [-0.39, 0.29) is 23.0 Å². The molecular weight excluding hydrogens is 526 g/mol. The third-order valence-electron chi connectivity index (χ3n) is 5.94. The normalized spacial score (nSPS) is 11.9. The van der Waals surface area contributed by atoms with E-state index in [1.54, 1.807) is 80.6 Å². The summed E-state index contributed by atoms with van der Waals surface area (Å²) >= 11 is 6.03. The summed E-state index contributed by atoms with van der Waals surface area (Å²) in [6, 6.07) is 20.7. The topological polar surface area (TPSA) is 96.0 Å². The molecule has 3 aromatic carbocycles. The second-order valence-corrected chi connectivity index (χ2v) is 10.7. The third-order valence-corrected chi connectivity index (χ3v) is 7.97. The number of carbonyl (C=O) groups is 2. The van der Waals surface area contributed by atoms with Gasteiger partial charge in [-0.3, -0.25) is 13.9 Å². The van der Waals surface area contributed by atoms with Crippen molar-refractivity contribution in [2.75, 3.05) is 24.5 Å². The molecule has 3 rings (SSSR count). The molecule has 0 bridgehead atoms. The number of sulfonamides is 1. The molecule has 38 heavy (non-hydrogen) atoms. The van der Waals surface area contributed by atoms with Crippen molar-refractivity contribution < 1.29 is 22.7 Å². The molecule has 0 fully saturated rings. The van der Waals surface area contributed by atoms with Crippen LogP contribution in [0.5, 0.6) is 5.75 Å². The summed E-state index contributed by atoms with van der Waals surface area (Å²) in [5.41, 5.74) is 0.975. The van der Waals surface area contributed by atoms with Gasteiger partial charge in [0, 0.05) is 18.6 Å². The van der Waals surface area contributed by atoms with Crippen molar-refractivity contribution in [2.24, 2.45) is 0 Å². The van der Waals surface area contributed by atoms with Crippen molar-refractivity contribution in [2.45, 2.75) is 37.8 Å². The van der Waals surface area contributed by atoms with Crippen LogP contribution in [0.4, 0.5) is 5.69 Å².